The first-order valence-electron chi connectivity index (χ1n) is 10.6. The van der Waals surface area contributed by atoms with Crippen LogP contribution in [-0.2, 0) is 7.05 Å². The van der Waals surface area contributed by atoms with Gasteiger partial charge in [0.2, 0.25) is 5.95 Å². The number of nitrogens with one attached hydrogen (secondary N) is 1. The third-order valence-corrected chi connectivity index (χ3v) is 6.71. The average molecular weight is 463 g/mol. The van der Waals surface area contributed by atoms with E-state index in [1.165, 1.54) is 0 Å². The molecule has 32 heavy (non-hydrogen) atoms. The van der Waals surface area contributed by atoms with Gasteiger partial charge >= 0.3 is 0 Å². The second kappa shape index (κ2) is 7.79. The van der Waals surface area contributed by atoms with Gasteiger partial charge in [-0.2, -0.15) is 9.97 Å². The van der Waals surface area contributed by atoms with E-state index >= 15 is 0 Å². The highest BCUT2D eigenvalue weighted by Crippen LogP contribution is 2.57. The van der Waals surface area contributed by atoms with Gasteiger partial charge in [0.15, 0.2) is 17.0 Å². The summed E-state index contributed by atoms with van der Waals surface area (Å²) in [6.07, 6.45) is 1.61. The molecule has 11 heteroatoms. The minimum atomic E-state index is -2.63. The molecular formula is C21H25ClF2N8. The van der Waals surface area contributed by atoms with Crippen LogP contribution in [0.2, 0.25) is 5.02 Å². The number of benzene rings is 1. The lowest BCUT2D eigenvalue weighted by Gasteiger charge is -2.44. The van der Waals surface area contributed by atoms with Crippen molar-refractivity contribution in [3.8, 4) is 0 Å². The zero-order chi connectivity index (χ0) is 22.6. The summed E-state index contributed by atoms with van der Waals surface area (Å²) in [5, 5.41) is 0.598. The van der Waals surface area contributed by atoms with Crippen LogP contribution in [0.15, 0.2) is 30.6 Å². The van der Waals surface area contributed by atoms with E-state index in [1.54, 1.807) is 18.5 Å². The summed E-state index contributed by atoms with van der Waals surface area (Å²) in [5.41, 5.74) is 4.76. The van der Waals surface area contributed by atoms with Crippen molar-refractivity contribution in [2.75, 3.05) is 30.0 Å². The van der Waals surface area contributed by atoms with Gasteiger partial charge in [0.25, 0.3) is 5.92 Å². The average Bonchev–Trinajstić information content (AvgIpc) is 3.22. The fourth-order valence-corrected chi connectivity index (χ4v) is 4.87. The largest absolute Gasteiger partial charge is 0.349 e. The van der Waals surface area contributed by atoms with Crippen molar-refractivity contribution in [3.63, 3.8) is 0 Å². The van der Waals surface area contributed by atoms with Crippen molar-refractivity contribution >= 4 is 34.5 Å². The van der Waals surface area contributed by atoms with E-state index in [2.05, 4.69) is 37.1 Å². The number of imidazole rings is 1. The molecule has 1 saturated heterocycles. The van der Waals surface area contributed by atoms with Crippen molar-refractivity contribution in [2.24, 2.45) is 18.8 Å². The van der Waals surface area contributed by atoms with Crippen molar-refractivity contribution in [3.05, 3.63) is 41.2 Å². The van der Waals surface area contributed by atoms with Crippen LogP contribution in [0.5, 0.6) is 0 Å². The van der Waals surface area contributed by atoms with E-state index in [9.17, 15) is 8.78 Å². The van der Waals surface area contributed by atoms with Crippen LogP contribution in [0.25, 0.3) is 11.2 Å². The lowest BCUT2D eigenvalue weighted by molar-refractivity contribution is 0.0570. The third kappa shape index (κ3) is 3.66. The lowest BCUT2D eigenvalue weighted by Crippen LogP contribution is -2.53. The van der Waals surface area contributed by atoms with Gasteiger partial charge in [0.1, 0.15) is 0 Å². The molecule has 3 atom stereocenters. The fourth-order valence-electron chi connectivity index (χ4n) is 4.74. The number of piperazine rings is 1. The van der Waals surface area contributed by atoms with Crippen LogP contribution >= 0.6 is 11.6 Å². The van der Waals surface area contributed by atoms with E-state index in [0.717, 1.165) is 5.56 Å². The Labute approximate surface area is 189 Å². The van der Waals surface area contributed by atoms with Crippen LogP contribution in [0.3, 0.4) is 0 Å². The van der Waals surface area contributed by atoms with Crippen LogP contribution < -0.4 is 16.2 Å². The summed E-state index contributed by atoms with van der Waals surface area (Å²) in [6, 6.07) is 6.93. The second-order valence-corrected chi connectivity index (χ2v) is 9.08. The van der Waals surface area contributed by atoms with Crippen molar-refractivity contribution < 1.29 is 8.78 Å². The van der Waals surface area contributed by atoms with Gasteiger partial charge < -0.3 is 9.47 Å². The van der Waals surface area contributed by atoms with E-state index in [4.69, 9.17) is 17.4 Å². The predicted molar refractivity (Wildman–Crippen MR) is 120 cm³/mol. The maximum absolute atomic E-state index is 14.2. The summed E-state index contributed by atoms with van der Waals surface area (Å²) in [6.45, 7) is 3.93. The lowest BCUT2D eigenvalue weighted by atomic mass is 9.98. The van der Waals surface area contributed by atoms with Gasteiger partial charge in [-0.25, -0.2) is 19.6 Å². The highest BCUT2D eigenvalue weighted by Gasteiger charge is 2.62. The molecule has 2 aliphatic rings. The van der Waals surface area contributed by atoms with Gasteiger partial charge in [-0.1, -0.05) is 23.7 Å². The first-order valence-corrected chi connectivity index (χ1v) is 11.0. The molecule has 3 unspecified atom stereocenters. The van der Waals surface area contributed by atoms with Gasteiger partial charge in [-0.05, 0) is 24.6 Å². The summed E-state index contributed by atoms with van der Waals surface area (Å²) < 4.78 is 30.1. The Morgan fingerprint density at radius 2 is 1.94 bits per heavy atom. The highest BCUT2D eigenvalue weighted by molar-refractivity contribution is 6.30. The Kier molecular flexibility index (Phi) is 5.18. The Morgan fingerprint density at radius 3 is 2.56 bits per heavy atom. The molecule has 1 aromatic carbocycles. The second-order valence-electron chi connectivity index (χ2n) is 8.65. The Hall–Kier alpha value is -2.56. The SMILES string of the molecule is CC1CN(C(c2ccc(Cl)cc2)C2CC2(F)F)CCN1c1nc(NN)nc2c1ncn2C. The molecule has 0 amide bonds. The van der Waals surface area contributed by atoms with Crippen LogP contribution in [0.1, 0.15) is 24.9 Å². The van der Waals surface area contributed by atoms with Gasteiger partial charge in [0.05, 0.1) is 6.33 Å². The number of rotatable bonds is 5. The standard InChI is InChI=1S/C21H25ClF2N8/c1-12-10-31(17(15-9-21(15,23)24)13-3-5-14(22)6-4-13)7-8-32(12)19-16-18(30(2)11-26-16)27-20(28-19)29-25/h3-6,11-12,15,17H,7-10,25H2,1-2H3,(H,27,28,29). The van der Waals surface area contributed by atoms with Crippen LogP contribution in [0, 0.1) is 5.92 Å². The quantitative estimate of drug-likeness (QED) is 0.444. The molecular weight excluding hydrogens is 438 g/mol. The summed E-state index contributed by atoms with van der Waals surface area (Å²) >= 11 is 6.04. The van der Waals surface area contributed by atoms with Crippen LogP contribution in [-0.4, -0.2) is 56.0 Å². The Morgan fingerprint density at radius 1 is 1.22 bits per heavy atom. The number of alkyl halides is 2. The number of hydrogen-bond acceptors (Lipinski definition) is 7. The zero-order valence-electron chi connectivity index (χ0n) is 17.8. The van der Waals surface area contributed by atoms with Gasteiger partial charge in [-0.3, -0.25) is 10.3 Å². The Balaban J connectivity index is 1.43. The first-order chi connectivity index (χ1) is 15.3. The maximum Gasteiger partial charge on any atom is 0.253 e. The number of hydrogen-bond donors (Lipinski definition) is 2. The van der Waals surface area contributed by atoms with E-state index in [0.29, 0.717) is 47.6 Å². The van der Waals surface area contributed by atoms with Crippen molar-refractivity contribution in [1.29, 1.82) is 0 Å². The molecule has 0 radical (unpaired) electrons. The molecule has 3 heterocycles. The highest BCUT2D eigenvalue weighted by atomic mass is 35.5. The molecule has 1 aliphatic carbocycles. The molecule has 0 bridgehead atoms. The minimum absolute atomic E-state index is 0.0247. The molecule has 5 rings (SSSR count). The number of nitrogens with two attached hydrogens (primary N) is 1. The van der Waals surface area contributed by atoms with Crippen molar-refractivity contribution in [1.82, 2.24) is 24.4 Å². The fraction of sp³-hybridized carbons (Fsp3) is 0.476. The van der Waals surface area contributed by atoms with E-state index < -0.39 is 11.8 Å². The normalized spacial score (nSPS) is 24.0. The maximum atomic E-state index is 14.2. The summed E-state index contributed by atoms with van der Waals surface area (Å²) in [7, 11) is 1.86. The van der Waals surface area contributed by atoms with E-state index in [1.807, 2.05) is 23.7 Å². The van der Waals surface area contributed by atoms with E-state index in [-0.39, 0.29) is 18.5 Å². The third-order valence-electron chi connectivity index (χ3n) is 6.46. The molecule has 2 fully saturated rings. The molecule has 2 aromatic heterocycles. The topological polar surface area (TPSA) is 88.1 Å². The number of aryl methyl sites for hydroxylation is 1. The molecule has 8 nitrogen and oxygen atoms in total. The van der Waals surface area contributed by atoms with Gasteiger partial charge in [-0.15, -0.1) is 0 Å². The predicted octanol–water partition coefficient (Wildman–Crippen LogP) is 3.21. The first kappa shape index (κ1) is 21.3. The Bertz CT molecular complexity index is 1130. The molecule has 3 N–H and O–H groups in total. The smallest absolute Gasteiger partial charge is 0.253 e. The van der Waals surface area contributed by atoms with Crippen LogP contribution in [0.4, 0.5) is 20.5 Å². The molecule has 3 aromatic rings. The zero-order valence-corrected chi connectivity index (χ0v) is 18.6. The summed E-state index contributed by atoms with van der Waals surface area (Å²) in [4.78, 5) is 17.7. The number of fused-ring (bicyclic) bond motifs is 1. The van der Waals surface area contributed by atoms with Gasteiger partial charge in [0, 0.05) is 56.1 Å². The monoisotopic (exact) mass is 462 g/mol. The summed E-state index contributed by atoms with van der Waals surface area (Å²) in [5.74, 6) is 3.27. The molecule has 0 spiro atoms. The molecule has 1 aliphatic heterocycles. The number of halogens is 3. The minimum Gasteiger partial charge on any atom is -0.349 e. The number of aromatic nitrogens is 4. The number of anilines is 2. The van der Waals surface area contributed by atoms with Crippen molar-refractivity contribution in [2.45, 2.75) is 31.4 Å². The molecule has 1 saturated carbocycles. The molecule has 170 valence electrons. The number of nitrogens with zero attached hydrogens (tertiary/aromatic N) is 6. The number of nitrogen functional groups attached to an aromatic ring is 1. The number of hydrazine groups is 1.